The molecule has 220 valence electrons. The number of methoxy groups -OCH3 is 1. The highest BCUT2D eigenvalue weighted by molar-refractivity contribution is 7.89. The average Bonchev–Trinajstić information content (AvgIpc) is 2.93. The van der Waals surface area contributed by atoms with Gasteiger partial charge in [0.05, 0.1) is 24.8 Å². The number of piperidine rings is 1. The quantitative estimate of drug-likeness (QED) is 0.332. The number of nitrogens with one attached hydrogen (secondary N) is 2. The third-order valence-corrected chi connectivity index (χ3v) is 8.41. The molecule has 12 heteroatoms. The van der Waals surface area contributed by atoms with Gasteiger partial charge in [-0.05, 0) is 55.7 Å². The van der Waals surface area contributed by atoms with Crippen LogP contribution in [0.2, 0.25) is 0 Å². The van der Waals surface area contributed by atoms with E-state index in [0.717, 1.165) is 22.0 Å². The highest BCUT2D eigenvalue weighted by atomic mass is 32.2. The minimum absolute atomic E-state index is 0.0997. The number of alkyl halides is 1. The summed E-state index contributed by atoms with van der Waals surface area (Å²) in [5, 5.41) is 5.58. The van der Waals surface area contributed by atoms with Crippen LogP contribution >= 0.6 is 0 Å². The van der Waals surface area contributed by atoms with Gasteiger partial charge < -0.3 is 20.1 Å². The van der Waals surface area contributed by atoms with Gasteiger partial charge in [0.1, 0.15) is 23.7 Å². The Bertz CT molecular complexity index is 1230. The maximum Gasteiger partial charge on any atom is 0.243 e. The van der Waals surface area contributed by atoms with Crippen LogP contribution in [0.3, 0.4) is 0 Å². The van der Waals surface area contributed by atoms with E-state index in [1.165, 1.54) is 19.2 Å². The minimum Gasteiger partial charge on any atom is -0.494 e. The molecule has 0 unspecified atom stereocenters. The molecule has 1 aliphatic heterocycles. The maximum absolute atomic E-state index is 13.8. The molecule has 0 aliphatic carbocycles. The summed E-state index contributed by atoms with van der Waals surface area (Å²) >= 11 is 0. The number of halogens is 2. The smallest absolute Gasteiger partial charge is 0.243 e. The predicted octanol–water partition coefficient (Wildman–Crippen LogP) is 2.99. The summed E-state index contributed by atoms with van der Waals surface area (Å²) in [6.07, 6.45) is 1.85. The van der Waals surface area contributed by atoms with Crippen LogP contribution in [0.5, 0.6) is 5.75 Å². The van der Waals surface area contributed by atoms with E-state index in [1.807, 2.05) is 0 Å². The number of hydrogen-bond acceptors (Lipinski definition) is 6. The van der Waals surface area contributed by atoms with Crippen molar-refractivity contribution in [3.05, 3.63) is 59.9 Å². The zero-order valence-corrected chi connectivity index (χ0v) is 23.6. The van der Waals surface area contributed by atoms with Crippen molar-refractivity contribution >= 4 is 21.8 Å². The molecule has 1 aliphatic rings. The Labute approximate surface area is 234 Å². The van der Waals surface area contributed by atoms with Gasteiger partial charge in [-0.15, -0.1) is 0 Å². The molecule has 2 aromatic rings. The fraction of sp³-hybridized carbons (Fsp3) is 0.500. The number of benzene rings is 2. The molecule has 3 atom stereocenters. The van der Waals surface area contributed by atoms with Gasteiger partial charge >= 0.3 is 0 Å². The van der Waals surface area contributed by atoms with Crippen LogP contribution in [0.1, 0.15) is 38.2 Å². The first-order chi connectivity index (χ1) is 19.1. The average molecular weight is 582 g/mol. The van der Waals surface area contributed by atoms with Gasteiger partial charge in [-0.3, -0.25) is 14.0 Å². The lowest BCUT2D eigenvalue weighted by molar-refractivity contribution is -0.132. The lowest BCUT2D eigenvalue weighted by atomic mass is 10.0. The van der Waals surface area contributed by atoms with Crippen molar-refractivity contribution in [2.24, 2.45) is 0 Å². The van der Waals surface area contributed by atoms with Crippen LogP contribution in [-0.4, -0.2) is 76.2 Å². The molecular weight excluding hydrogens is 544 g/mol. The highest BCUT2D eigenvalue weighted by Gasteiger charge is 2.39. The first-order valence-electron chi connectivity index (χ1n) is 13.3. The Kier molecular flexibility index (Phi) is 11.8. The molecule has 0 aromatic heterocycles. The molecule has 0 saturated carbocycles. The molecule has 2 amide bonds. The van der Waals surface area contributed by atoms with Crippen molar-refractivity contribution in [3.63, 3.8) is 0 Å². The van der Waals surface area contributed by atoms with Gasteiger partial charge in [-0.25, -0.2) is 12.8 Å². The fourth-order valence-electron chi connectivity index (χ4n) is 4.53. The van der Waals surface area contributed by atoms with E-state index in [1.54, 1.807) is 31.2 Å². The second kappa shape index (κ2) is 15.1. The number of carbonyl (C=O) groups is 2. The topological polar surface area (TPSA) is 114 Å². The zero-order valence-electron chi connectivity index (χ0n) is 22.8. The third-order valence-electron chi connectivity index (χ3n) is 6.51. The van der Waals surface area contributed by atoms with Gasteiger partial charge in [0.2, 0.25) is 21.8 Å². The number of amides is 2. The molecular formula is C28H37F2N3O6S. The largest absolute Gasteiger partial charge is 0.494 e. The summed E-state index contributed by atoms with van der Waals surface area (Å²) in [6.45, 7) is 1.89. The van der Waals surface area contributed by atoms with Crippen molar-refractivity contribution in [1.29, 1.82) is 0 Å². The number of rotatable bonds is 14. The van der Waals surface area contributed by atoms with Gasteiger partial charge in [0.25, 0.3) is 0 Å². The molecule has 1 heterocycles. The van der Waals surface area contributed by atoms with E-state index in [-0.39, 0.29) is 50.0 Å². The molecule has 0 bridgehead atoms. The Morgan fingerprint density at radius 2 is 1.88 bits per heavy atom. The molecule has 0 radical (unpaired) electrons. The van der Waals surface area contributed by atoms with Gasteiger partial charge in [0, 0.05) is 32.5 Å². The summed E-state index contributed by atoms with van der Waals surface area (Å²) in [7, 11) is -2.65. The Hall–Kier alpha value is -3.09. The summed E-state index contributed by atoms with van der Waals surface area (Å²) in [5.74, 6) is -1.20. The highest BCUT2D eigenvalue weighted by Crippen LogP contribution is 2.26. The van der Waals surface area contributed by atoms with Gasteiger partial charge in [-0.2, -0.15) is 4.31 Å². The summed E-state index contributed by atoms with van der Waals surface area (Å²) in [6, 6.07) is 9.18. The number of carbonyl (C=O) groups excluding carboxylic acids is 2. The second-order valence-electron chi connectivity index (χ2n) is 9.75. The van der Waals surface area contributed by atoms with Crippen LogP contribution in [0, 0.1) is 5.82 Å². The molecule has 1 fully saturated rings. The SMILES string of the molecule is COC[C@H](C)NC(=O)[C@H](Cc1ccc(OCCCF)cc1)NC(=O)[C@@H]1CCCCN1S(=O)(=O)c1cccc(F)c1. The lowest BCUT2D eigenvalue weighted by Gasteiger charge is -2.34. The summed E-state index contributed by atoms with van der Waals surface area (Å²) in [5.41, 5.74) is 0.727. The fourth-order valence-corrected chi connectivity index (χ4v) is 6.22. The monoisotopic (exact) mass is 581 g/mol. The first kappa shape index (κ1) is 31.4. The van der Waals surface area contributed by atoms with Crippen LogP contribution in [0.4, 0.5) is 8.78 Å². The van der Waals surface area contributed by atoms with Crippen molar-refractivity contribution < 1.29 is 36.3 Å². The molecule has 3 rings (SSSR count). The van der Waals surface area contributed by atoms with Crippen LogP contribution < -0.4 is 15.4 Å². The first-order valence-corrected chi connectivity index (χ1v) is 14.7. The van der Waals surface area contributed by atoms with Crippen molar-refractivity contribution in [1.82, 2.24) is 14.9 Å². The standard InChI is InChI=1S/C28H37F2N3O6S/c1-20(19-38-2)31-27(34)25(17-21-10-12-23(13-11-21)39-16-6-14-29)32-28(35)26-9-3-4-15-33(26)40(36,37)24-8-5-7-22(30)18-24/h5,7-8,10-13,18,20,25-26H,3-4,6,9,14-17,19H2,1-2H3,(H,31,34)(H,32,35)/t20-,25-,26-/m0/s1. The van der Waals surface area contributed by atoms with E-state index < -0.39 is 46.4 Å². The molecule has 40 heavy (non-hydrogen) atoms. The normalized spacial score (nSPS) is 17.6. The molecule has 0 spiro atoms. The summed E-state index contributed by atoms with van der Waals surface area (Å²) in [4.78, 5) is 26.5. The van der Waals surface area contributed by atoms with Gasteiger partial charge in [-0.1, -0.05) is 24.6 Å². The number of ether oxygens (including phenoxy) is 2. The molecule has 1 saturated heterocycles. The number of hydrogen-bond donors (Lipinski definition) is 2. The lowest BCUT2D eigenvalue weighted by Crippen LogP contribution is -2.57. The zero-order chi connectivity index (χ0) is 29.1. The maximum atomic E-state index is 13.8. The van der Waals surface area contributed by atoms with Crippen molar-refractivity contribution in [2.45, 2.75) is 62.0 Å². The number of nitrogens with zero attached hydrogens (tertiary/aromatic N) is 1. The van der Waals surface area contributed by atoms with Crippen molar-refractivity contribution in [3.8, 4) is 5.75 Å². The van der Waals surface area contributed by atoms with E-state index in [2.05, 4.69) is 10.6 Å². The summed E-state index contributed by atoms with van der Waals surface area (Å²) < 4.78 is 64.5. The van der Waals surface area contributed by atoms with Crippen LogP contribution in [0.25, 0.3) is 0 Å². The Balaban J connectivity index is 1.80. The van der Waals surface area contributed by atoms with E-state index >= 15 is 0 Å². The van der Waals surface area contributed by atoms with Crippen molar-refractivity contribution in [2.75, 3.05) is 33.5 Å². The second-order valence-corrected chi connectivity index (χ2v) is 11.6. The third kappa shape index (κ3) is 8.70. The van der Waals surface area contributed by atoms with Crippen LogP contribution in [0.15, 0.2) is 53.4 Å². The van der Waals surface area contributed by atoms with Crippen LogP contribution in [-0.2, 0) is 30.8 Å². The van der Waals surface area contributed by atoms with Gasteiger partial charge in [0.15, 0.2) is 0 Å². The molecule has 9 nitrogen and oxygen atoms in total. The molecule has 2 aromatic carbocycles. The Morgan fingerprint density at radius 3 is 2.55 bits per heavy atom. The minimum atomic E-state index is -4.16. The van der Waals surface area contributed by atoms with E-state index in [9.17, 15) is 26.8 Å². The van der Waals surface area contributed by atoms with E-state index in [4.69, 9.17) is 9.47 Å². The predicted molar refractivity (Wildman–Crippen MR) is 146 cm³/mol. The number of sulfonamides is 1. The molecule has 2 N–H and O–H groups in total. The van der Waals surface area contributed by atoms with E-state index in [0.29, 0.717) is 18.6 Å². The Morgan fingerprint density at radius 1 is 1.12 bits per heavy atom.